The van der Waals surface area contributed by atoms with Gasteiger partial charge < -0.3 is 9.64 Å². The minimum atomic E-state index is -0.640. The minimum Gasteiger partial charge on any atom is -0.479 e. The number of hydrogen-bond donors (Lipinski definition) is 0. The number of carbonyl (C=O) groups is 2. The van der Waals surface area contributed by atoms with Gasteiger partial charge in [0.1, 0.15) is 12.3 Å². The lowest BCUT2D eigenvalue weighted by Gasteiger charge is -2.35. The highest BCUT2D eigenvalue weighted by Crippen LogP contribution is 2.34. The van der Waals surface area contributed by atoms with Crippen molar-refractivity contribution in [2.75, 3.05) is 18.5 Å². The standard InChI is InChI=1S/C24H23N3O3/c1-17-24(29)27(20-13-6-7-14-21(20)30-17)16-22(28)26(2)23(18-10-4-3-5-11-18)19-12-8-9-15-25-19/h3-15,17,23H,16H2,1-2H3/t17-,23+/m0/s1. The van der Waals surface area contributed by atoms with Gasteiger partial charge in [0.15, 0.2) is 6.10 Å². The molecule has 4 rings (SSSR count). The van der Waals surface area contributed by atoms with Gasteiger partial charge in [-0.2, -0.15) is 0 Å². The van der Waals surface area contributed by atoms with Crippen LogP contribution in [0.2, 0.25) is 0 Å². The molecule has 0 unspecified atom stereocenters. The number of amides is 2. The predicted molar refractivity (Wildman–Crippen MR) is 114 cm³/mol. The van der Waals surface area contributed by atoms with Crippen LogP contribution in [0.15, 0.2) is 79.0 Å². The van der Waals surface area contributed by atoms with Gasteiger partial charge >= 0.3 is 0 Å². The summed E-state index contributed by atoms with van der Waals surface area (Å²) in [5, 5.41) is 0. The van der Waals surface area contributed by atoms with Gasteiger partial charge in [-0.15, -0.1) is 0 Å². The first-order valence-corrected chi connectivity index (χ1v) is 9.85. The number of para-hydroxylation sites is 2. The first-order chi connectivity index (χ1) is 14.6. The number of likely N-dealkylation sites (N-methyl/N-ethyl adjacent to an activating group) is 1. The zero-order valence-corrected chi connectivity index (χ0v) is 16.9. The number of carbonyl (C=O) groups excluding carboxylic acids is 2. The molecule has 0 spiro atoms. The molecule has 1 aliphatic heterocycles. The third-order valence-electron chi connectivity index (χ3n) is 5.23. The second-order valence-electron chi connectivity index (χ2n) is 7.22. The topological polar surface area (TPSA) is 62.7 Å². The molecule has 2 amide bonds. The van der Waals surface area contributed by atoms with E-state index in [1.807, 2.05) is 60.7 Å². The Morgan fingerprint density at radius 3 is 2.50 bits per heavy atom. The van der Waals surface area contributed by atoms with Crippen LogP contribution in [0.25, 0.3) is 0 Å². The van der Waals surface area contributed by atoms with E-state index in [4.69, 9.17) is 4.74 Å². The number of nitrogens with zero attached hydrogens (tertiary/aromatic N) is 3. The summed E-state index contributed by atoms with van der Waals surface area (Å²) < 4.78 is 5.68. The van der Waals surface area contributed by atoms with E-state index < -0.39 is 6.10 Å². The molecule has 0 saturated heterocycles. The molecule has 0 bridgehead atoms. The Bertz CT molecular complexity index is 1000. The van der Waals surface area contributed by atoms with Gasteiger partial charge in [-0.3, -0.25) is 19.5 Å². The van der Waals surface area contributed by atoms with E-state index in [0.717, 1.165) is 11.3 Å². The van der Waals surface area contributed by atoms with E-state index in [2.05, 4.69) is 4.98 Å². The Morgan fingerprint density at radius 1 is 1.07 bits per heavy atom. The predicted octanol–water partition coefficient (Wildman–Crippen LogP) is 3.44. The van der Waals surface area contributed by atoms with E-state index in [9.17, 15) is 9.59 Å². The van der Waals surface area contributed by atoms with Crippen LogP contribution in [0, 0.1) is 0 Å². The van der Waals surface area contributed by atoms with Crippen LogP contribution in [0.5, 0.6) is 5.75 Å². The molecule has 3 aromatic rings. The largest absolute Gasteiger partial charge is 0.479 e. The van der Waals surface area contributed by atoms with Gasteiger partial charge in [0, 0.05) is 13.2 Å². The van der Waals surface area contributed by atoms with Crippen molar-refractivity contribution in [1.29, 1.82) is 0 Å². The van der Waals surface area contributed by atoms with Crippen LogP contribution >= 0.6 is 0 Å². The molecule has 152 valence electrons. The fourth-order valence-corrected chi connectivity index (χ4v) is 3.68. The molecule has 6 heteroatoms. The van der Waals surface area contributed by atoms with Gasteiger partial charge in [0.05, 0.1) is 17.4 Å². The summed E-state index contributed by atoms with van der Waals surface area (Å²) in [6.45, 7) is 1.62. The quantitative estimate of drug-likeness (QED) is 0.657. The molecular formula is C24H23N3O3. The number of fused-ring (bicyclic) bond motifs is 1. The minimum absolute atomic E-state index is 0.0732. The number of anilines is 1. The van der Waals surface area contributed by atoms with Crippen LogP contribution in [0.3, 0.4) is 0 Å². The monoisotopic (exact) mass is 401 g/mol. The lowest BCUT2D eigenvalue weighted by Crippen LogP contribution is -2.49. The van der Waals surface area contributed by atoms with Crippen LogP contribution in [-0.2, 0) is 9.59 Å². The Balaban J connectivity index is 1.64. The van der Waals surface area contributed by atoms with Crippen molar-refractivity contribution >= 4 is 17.5 Å². The summed E-state index contributed by atoms with van der Waals surface area (Å²) in [4.78, 5) is 33.7. The van der Waals surface area contributed by atoms with Gasteiger partial charge in [0.25, 0.3) is 5.91 Å². The number of pyridine rings is 1. The molecule has 30 heavy (non-hydrogen) atoms. The molecule has 1 aliphatic rings. The van der Waals surface area contributed by atoms with Crippen molar-refractivity contribution < 1.29 is 14.3 Å². The molecule has 2 atom stereocenters. The van der Waals surface area contributed by atoms with E-state index in [1.54, 1.807) is 37.2 Å². The second kappa shape index (κ2) is 8.37. The Labute approximate surface area is 175 Å². The van der Waals surface area contributed by atoms with Gasteiger partial charge in [0.2, 0.25) is 5.91 Å². The molecule has 2 aromatic carbocycles. The first-order valence-electron chi connectivity index (χ1n) is 9.85. The molecule has 0 aliphatic carbocycles. The van der Waals surface area contributed by atoms with Crippen molar-refractivity contribution in [3.63, 3.8) is 0 Å². The third kappa shape index (κ3) is 3.76. The highest BCUT2D eigenvalue weighted by Gasteiger charge is 2.34. The fraction of sp³-hybridized carbons (Fsp3) is 0.208. The highest BCUT2D eigenvalue weighted by atomic mass is 16.5. The van der Waals surface area contributed by atoms with Gasteiger partial charge in [-0.25, -0.2) is 0 Å². The average Bonchev–Trinajstić information content (AvgIpc) is 2.78. The van der Waals surface area contributed by atoms with Crippen molar-refractivity contribution in [2.45, 2.75) is 19.1 Å². The highest BCUT2D eigenvalue weighted by molar-refractivity contribution is 6.03. The molecule has 0 fully saturated rings. The zero-order valence-electron chi connectivity index (χ0n) is 16.9. The normalized spacial score (nSPS) is 16.4. The van der Waals surface area contributed by atoms with Crippen LogP contribution in [-0.4, -0.2) is 41.4 Å². The van der Waals surface area contributed by atoms with Crippen molar-refractivity contribution in [1.82, 2.24) is 9.88 Å². The maximum Gasteiger partial charge on any atom is 0.268 e. The number of aromatic nitrogens is 1. The average molecular weight is 401 g/mol. The van der Waals surface area contributed by atoms with E-state index in [0.29, 0.717) is 11.4 Å². The molecule has 1 aromatic heterocycles. The van der Waals surface area contributed by atoms with E-state index in [1.165, 1.54) is 4.90 Å². The third-order valence-corrected chi connectivity index (χ3v) is 5.23. The lowest BCUT2D eigenvalue weighted by molar-refractivity contribution is -0.133. The van der Waals surface area contributed by atoms with Crippen molar-refractivity contribution in [3.05, 3.63) is 90.3 Å². The molecule has 6 nitrogen and oxygen atoms in total. The van der Waals surface area contributed by atoms with E-state index in [-0.39, 0.29) is 24.4 Å². The Morgan fingerprint density at radius 2 is 1.77 bits per heavy atom. The summed E-state index contributed by atoms with van der Waals surface area (Å²) in [7, 11) is 1.74. The number of benzene rings is 2. The maximum atomic E-state index is 13.3. The summed E-state index contributed by atoms with van der Waals surface area (Å²) in [5.41, 5.74) is 2.33. The Kier molecular flexibility index (Phi) is 5.48. The van der Waals surface area contributed by atoms with Gasteiger partial charge in [-0.1, -0.05) is 48.5 Å². The molecule has 2 heterocycles. The molecule has 0 N–H and O–H groups in total. The molecule has 0 radical (unpaired) electrons. The second-order valence-corrected chi connectivity index (χ2v) is 7.22. The van der Waals surface area contributed by atoms with E-state index >= 15 is 0 Å². The smallest absolute Gasteiger partial charge is 0.268 e. The Hall–Kier alpha value is -3.67. The van der Waals surface area contributed by atoms with Crippen LogP contribution in [0.1, 0.15) is 24.2 Å². The van der Waals surface area contributed by atoms with Crippen molar-refractivity contribution in [3.8, 4) is 5.75 Å². The number of hydrogen-bond acceptors (Lipinski definition) is 4. The van der Waals surface area contributed by atoms with Crippen molar-refractivity contribution in [2.24, 2.45) is 0 Å². The number of rotatable bonds is 5. The van der Waals surface area contributed by atoms with Crippen LogP contribution < -0.4 is 9.64 Å². The number of ether oxygens (including phenoxy) is 1. The summed E-state index contributed by atoms with van der Waals surface area (Å²) in [5.74, 6) is 0.181. The van der Waals surface area contributed by atoms with Gasteiger partial charge in [-0.05, 0) is 36.8 Å². The first kappa shape index (κ1) is 19.6. The summed E-state index contributed by atoms with van der Waals surface area (Å²) in [6, 6.07) is 22.3. The summed E-state index contributed by atoms with van der Waals surface area (Å²) in [6.07, 6.45) is 1.08. The SMILES string of the molecule is C[C@@H]1Oc2ccccc2N(CC(=O)N(C)[C@H](c2ccccc2)c2ccccn2)C1=O. The maximum absolute atomic E-state index is 13.3. The fourth-order valence-electron chi connectivity index (χ4n) is 3.68. The summed E-state index contributed by atoms with van der Waals surface area (Å²) >= 11 is 0. The molecule has 0 saturated carbocycles. The zero-order chi connectivity index (χ0) is 21.1. The molecular weight excluding hydrogens is 378 g/mol. The van der Waals surface area contributed by atoms with Crippen LogP contribution in [0.4, 0.5) is 5.69 Å². The lowest BCUT2D eigenvalue weighted by atomic mass is 10.0.